The monoisotopic (exact) mass is 309 g/mol. The smallest absolute Gasteiger partial charge is 0.317 e. The first kappa shape index (κ1) is 14.8. The Morgan fingerprint density at radius 3 is 2.85 bits per heavy atom. The van der Waals surface area contributed by atoms with Gasteiger partial charge in [0.05, 0.1) is 22.6 Å². The number of hydrogen-bond donors (Lipinski definition) is 1. The van der Waals surface area contributed by atoms with Crippen molar-refractivity contribution in [1.82, 2.24) is 15.2 Å². The molecule has 4 nitrogen and oxygen atoms in total. The Labute approximate surface area is 127 Å². The molecule has 0 aliphatic heterocycles. The Morgan fingerprint density at radius 1 is 1.45 bits per heavy atom. The highest BCUT2D eigenvalue weighted by molar-refractivity contribution is 7.16. The Bertz CT molecular complexity index is 573. The van der Waals surface area contributed by atoms with E-state index in [-0.39, 0.29) is 12.1 Å². The number of urea groups is 1. The van der Waals surface area contributed by atoms with Crippen LogP contribution in [0.25, 0.3) is 0 Å². The summed E-state index contributed by atoms with van der Waals surface area (Å²) in [5, 5.41) is 2.92. The zero-order chi connectivity index (χ0) is 14.5. The molecule has 2 aromatic rings. The number of carbonyl (C=O) groups excluding carboxylic acids is 1. The largest absolute Gasteiger partial charge is 0.330 e. The predicted molar refractivity (Wildman–Crippen MR) is 82.0 cm³/mol. The number of rotatable bonds is 4. The summed E-state index contributed by atoms with van der Waals surface area (Å²) in [6, 6.07) is 9.16. The number of pyridine rings is 1. The van der Waals surface area contributed by atoms with Crippen molar-refractivity contribution < 1.29 is 4.79 Å². The standard InChI is InChI=1S/C14H16ClN3OS/c1-10(12-5-3-4-8-16-12)17-14(19)18(2)9-11-6-7-13(15)20-11/h3-8,10H,9H2,1-2H3,(H,17,19)/t10-/m1/s1. The molecule has 2 amide bonds. The number of nitrogens with one attached hydrogen (secondary N) is 1. The molecular weight excluding hydrogens is 294 g/mol. The maximum atomic E-state index is 12.1. The number of carbonyl (C=O) groups is 1. The van der Waals surface area contributed by atoms with Gasteiger partial charge in [0.25, 0.3) is 0 Å². The van der Waals surface area contributed by atoms with Crippen LogP contribution in [0, 0.1) is 0 Å². The van der Waals surface area contributed by atoms with Gasteiger partial charge in [-0.05, 0) is 31.2 Å². The van der Waals surface area contributed by atoms with Crippen LogP contribution in [0.4, 0.5) is 4.79 Å². The van der Waals surface area contributed by atoms with Crippen LogP contribution in [0.1, 0.15) is 23.5 Å². The topological polar surface area (TPSA) is 45.2 Å². The van der Waals surface area contributed by atoms with E-state index in [1.54, 1.807) is 18.1 Å². The molecule has 0 saturated heterocycles. The van der Waals surface area contributed by atoms with Crippen LogP contribution in [-0.2, 0) is 6.54 Å². The molecule has 0 aliphatic rings. The van der Waals surface area contributed by atoms with Crippen molar-refractivity contribution in [2.24, 2.45) is 0 Å². The third-order valence-corrected chi connectivity index (χ3v) is 4.06. The highest BCUT2D eigenvalue weighted by Gasteiger charge is 2.14. The Balaban J connectivity index is 1.91. The van der Waals surface area contributed by atoms with Crippen molar-refractivity contribution in [2.45, 2.75) is 19.5 Å². The SMILES string of the molecule is C[C@@H](NC(=O)N(C)Cc1ccc(Cl)s1)c1ccccn1. The minimum atomic E-state index is -0.132. The zero-order valence-corrected chi connectivity index (χ0v) is 12.9. The molecule has 6 heteroatoms. The maximum absolute atomic E-state index is 12.1. The van der Waals surface area contributed by atoms with Crippen LogP contribution >= 0.6 is 22.9 Å². The fraction of sp³-hybridized carbons (Fsp3) is 0.286. The molecule has 20 heavy (non-hydrogen) atoms. The number of amides is 2. The second kappa shape index (κ2) is 6.72. The Morgan fingerprint density at radius 2 is 2.25 bits per heavy atom. The molecule has 0 spiro atoms. The lowest BCUT2D eigenvalue weighted by Gasteiger charge is -2.20. The molecule has 2 aromatic heterocycles. The maximum Gasteiger partial charge on any atom is 0.317 e. The summed E-state index contributed by atoms with van der Waals surface area (Å²) in [5.74, 6) is 0. The third-order valence-electron chi connectivity index (χ3n) is 2.84. The van der Waals surface area contributed by atoms with E-state index in [1.165, 1.54) is 11.3 Å². The minimum absolute atomic E-state index is 0.127. The first-order chi connectivity index (χ1) is 9.56. The highest BCUT2D eigenvalue weighted by Crippen LogP contribution is 2.22. The number of halogens is 1. The zero-order valence-electron chi connectivity index (χ0n) is 11.3. The molecule has 0 aliphatic carbocycles. The van der Waals surface area contributed by atoms with Gasteiger partial charge in [0.1, 0.15) is 0 Å². The van der Waals surface area contributed by atoms with Crippen LogP contribution in [0.3, 0.4) is 0 Å². The quantitative estimate of drug-likeness (QED) is 0.936. The van der Waals surface area contributed by atoms with E-state index in [2.05, 4.69) is 10.3 Å². The molecule has 1 atom stereocenters. The number of thiophene rings is 1. The van der Waals surface area contributed by atoms with Crippen LogP contribution in [0.5, 0.6) is 0 Å². The van der Waals surface area contributed by atoms with Crippen molar-refractivity contribution in [3.63, 3.8) is 0 Å². The summed E-state index contributed by atoms with van der Waals surface area (Å²) in [6.07, 6.45) is 1.72. The van der Waals surface area contributed by atoms with Crippen molar-refractivity contribution in [2.75, 3.05) is 7.05 Å². The van der Waals surface area contributed by atoms with Crippen molar-refractivity contribution >= 4 is 29.0 Å². The Kier molecular flexibility index (Phi) is 4.98. The average molecular weight is 310 g/mol. The van der Waals surface area contributed by atoms with Gasteiger partial charge in [-0.2, -0.15) is 0 Å². The van der Waals surface area contributed by atoms with Crippen molar-refractivity contribution in [3.8, 4) is 0 Å². The molecule has 2 heterocycles. The normalized spacial score (nSPS) is 11.9. The van der Waals surface area contributed by atoms with Gasteiger partial charge in [0, 0.05) is 18.1 Å². The van der Waals surface area contributed by atoms with E-state index >= 15 is 0 Å². The summed E-state index contributed by atoms with van der Waals surface area (Å²) >= 11 is 7.36. The summed E-state index contributed by atoms with van der Waals surface area (Å²) < 4.78 is 0.732. The van der Waals surface area contributed by atoms with E-state index in [0.29, 0.717) is 6.54 Å². The lowest BCUT2D eigenvalue weighted by Crippen LogP contribution is -2.38. The second-order valence-electron chi connectivity index (χ2n) is 4.49. The minimum Gasteiger partial charge on any atom is -0.330 e. The molecule has 0 bridgehead atoms. The molecule has 2 rings (SSSR count). The first-order valence-electron chi connectivity index (χ1n) is 6.23. The van der Waals surface area contributed by atoms with E-state index in [9.17, 15) is 4.79 Å². The highest BCUT2D eigenvalue weighted by atomic mass is 35.5. The summed E-state index contributed by atoms with van der Waals surface area (Å²) in [4.78, 5) is 19.0. The van der Waals surface area contributed by atoms with Gasteiger partial charge in [-0.1, -0.05) is 17.7 Å². The molecular formula is C14H16ClN3OS. The van der Waals surface area contributed by atoms with E-state index in [0.717, 1.165) is 14.9 Å². The lowest BCUT2D eigenvalue weighted by molar-refractivity contribution is 0.203. The fourth-order valence-corrected chi connectivity index (χ4v) is 2.88. The molecule has 0 radical (unpaired) electrons. The van der Waals surface area contributed by atoms with Crippen molar-refractivity contribution in [1.29, 1.82) is 0 Å². The molecule has 0 aromatic carbocycles. The number of hydrogen-bond acceptors (Lipinski definition) is 3. The summed E-state index contributed by atoms with van der Waals surface area (Å²) in [6.45, 7) is 2.45. The average Bonchev–Trinajstić information content (AvgIpc) is 2.85. The van der Waals surface area contributed by atoms with Gasteiger partial charge in [-0.15, -0.1) is 11.3 Å². The Hall–Kier alpha value is -1.59. The van der Waals surface area contributed by atoms with Gasteiger partial charge in [-0.25, -0.2) is 4.79 Å². The van der Waals surface area contributed by atoms with Gasteiger partial charge in [0.15, 0.2) is 0 Å². The number of aromatic nitrogens is 1. The van der Waals surface area contributed by atoms with Crippen LogP contribution in [0.15, 0.2) is 36.5 Å². The van der Waals surface area contributed by atoms with Gasteiger partial charge in [-0.3, -0.25) is 4.98 Å². The second-order valence-corrected chi connectivity index (χ2v) is 6.29. The van der Waals surface area contributed by atoms with E-state index in [4.69, 9.17) is 11.6 Å². The summed E-state index contributed by atoms with van der Waals surface area (Å²) in [7, 11) is 1.76. The number of nitrogens with zero attached hydrogens (tertiary/aromatic N) is 2. The molecule has 106 valence electrons. The van der Waals surface area contributed by atoms with Crippen LogP contribution in [-0.4, -0.2) is 23.0 Å². The van der Waals surface area contributed by atoms with Gasteiger partial charge >= 0.3 is 6.03 Å². The first-order valence-corrected chi connectivity index (χ1v) is 7.42. The third kappa shape index (κ3) is 3.95. The fourth-order valence-electron chi connectivity index (χ4n) is 1.74. The molecule has 1 N–H and O–H groups in total. The van der Waals surface area contributed by atoms with Gasteiger partial charge in [0.2, 0.25) is 0 Å². The van der Waals surface area contributed by atoms with Crippen molar-refractivity contribution in [3.05, 3.63) is 51.4 Å². The van der Waals surface area contributed by atoms with Crippen LogP contribution in [0.2, 0.25) is 4.34 Å². The van der Waals surface area contributed by atoms with E-state index < -0.39 is 0 Å². The molecule has 0 unspecified atom stereocenters. The summed E-state index contributed by atoms with van der Waals surface area (Å²) in [5.41, 5.74) is 0.841. The predicted octanol–water partition coefficient (Wildman–Crippen LogP) is 3.70. The molecule has 0 saturated carbocycles. The molecule has 0 fully saturated rings. The lowest BCUT2D eigenvalue weighted by atomic mass is 10.2. The van der Waals surface area contributed by atoms with Crippen LogP contribution < -0.4 is 5.32 Å². The van der Waals surface area contributed by atoms with Gasteiger partial charge < -0.3 is 10.2 Å². The van der Waals surface area contributed by atoms with E-state index in [1.807, 2.05) is 37.3 Å².